The van der Waals surface area contributed by atoms with Crippen molar-refractivity contribution in [2.75, 3.05) is 5.32 Å². The van der Waals surface area contributed by atoms with E-state index in [-0.39, 0.29) is 12.2 Å². The summed E-state index contributed by atoms with van der Waals surface area (Å²) in [5.74, 6) is -0.460. The molecule has 2 heterocycles. The first-order chi connectivity index (χ1) is 14.4. The number of benzene rings is 2. The van der Waals surface area contributed by atoms with Crippen molar-refractivity contribution in [3.05, 3.63) is 87.1 Å². The lowest BCUT2D eigenvalue weighted by Crippen LogP contribution is -2.27. The number of hydrogen-bond acceptors (Lipinski definition) is 6. The molecule has 0 aliphatic carbocycles. The number of nitrogens with zero attached hydrogens (tertiary/aromatic N) is 5. The molecule has 1 N–H and O–H groups in total. The maximum atomic E-state index is 12.8. The summed E-state index contributed by atoms with van der Waals surface area (Å²) >= 11 is 0. The van der Waals surface area contributed by atoms with Crippen LogP contribution in [0, 0.1) is 17.0 Å². The molecule has 0 aliphatic rings. The van der Waals surface area contributed by atoms with Crippen LogP contribution in [0.25, 0.3) is 16.7 Å². The molecule has 1 amide bonds. The van der Waals surface area contributed by atoms with Crippen molar-refractivity contribution in [3.63, 3.8) is 0 Å². The third kappa shape index (κ3) is 3.53. The number of nitro groups is 1. The van der Waals surface area contributed by atoms with Gasteiger partial charge in [-0.2, -0.15) is 5.10 Å². The van der Waals surface area contributed by atoms with Gasteiger partial charge >= 0.3 is 0 Å². The summed E-state index contributed by atoms with van der Waals surface area (Å²) in [5.41, 5.74) is 2.12. The van der Waals surface area contributed by atoms with Crippen LogP contribution >= 0.6 is 0 Å². The average molecular weight is 404 g/mol. The predicted octanol–water partition coefficient (Wildman–Crippen LogP) is 2.44. The molecule has 30 heavy (non-hydrogen) atoms. The van der Waals surface area contributed by atoms with Gasteiger partial charge in [0.05, 0.1) is 16.8 Å². The molecule has 0 atom stereocenters. The minimum atomic E-state index is -0.525. The Morgan fingerprint density at radius 3 is 2.60 bits per heavy atom. The maximum absolute atomic E-state index is 12.8. The summed E-state index contributed by atoms with van der Waals surface area (Å²) in [6, 6.07) is 13.0. The molecule has 2 aromatic heterocycles. The van der Waals surface area contributed by atoms with E-state index in [4.69, 9.17) is 0 Å². The van der Waals surface area contributed by atoms with Gasteiger partial charge in [-0.25, -0.2) is 9.67 Å². The highest BCUT2D eigenvalue weighted by Crippen LogP contribution is 2.17. The third-order valence-electron chi connectivity index (χ3n) is 4.57. The van der Waals surface area contributed by atoms with Crippen LogP contribution in [0.5, 0.6) is 0 Å². The quantitative estimate of drug-likeness (QED) is 0.402. The van der Waals surface area contributed by atoms with E-state index in [0.29, 0.717) is 16.7 Å². The lowest BCUT2D eigenvalue weighted by molar-refractivity contribution is -0.384. The Labute approximate surface area is 169 Å². The number of rotatable bonds is 5. The van der Waals surface area contributed by atoms with Gasteiger partial charge in [0.2, 0.25) is 5.91 Å². The predicted molar refractivity (Wildman–Crippen MR) is 110 cm³/mol. The van der Waals surface area contributed by atoms with Crippen molar-refractivity contribution in [1.82, 2.24) is 19.3 Å². The van der Waals surface area contributed by atoms with Gasteiger partial charge in [0, 0.05) is 17.8 Å². The van der Waals surface area contributed by atoms with Crippen molar-refractivity contribution < 1.29 is 9.72 Å². The molecule has 0 spiro atoms. The van der Waals surface area contributed by atoms with E-state index < -0.39 is 16.4 Å². The number of anilines is 1. The number of nitrogens with one attached hydrogen (secondary N) is 1. The molecular formula is C20H16N6O4. The molecule has 10 nitrogen and oxygen atoms in total. The van der Waals surface area contributed by atoms with Crippen LogP contribution in [0.2, 0.25) is 0 Å². The van der Waals surface area contributed by atoms with Crippen molar-refractivity contribution in [3.8, 4) is 5.69 Å². The van der Waals surface area contributed by atoms with Crippen molar-refractivity contribution in [1.29, 1.82) is 0 Å². The van der Waals surface area contributed by atoms with E-state index in [9.17, 15) is 19.7 Å². The summed E-state index contributed by atoms with van der Waals surface area (Å²) < 4.78 is 2.78. The number of carbonyl (C=O) groups is 1. The lowest BCUT2D eigenvalue weighted by Gasteiger charge is -2.08. The Morgan fingerprint density at radius 2 is 1.90 bits per heavy atom. The van der Waals surface area contributed by atoms with E-state index in [1.54, 1.807) is 4.68 Å². The van der Waals surface area contributed by atoms with Crippen molar-refractivity contribution >= 4 is 28.3 Å². The number of para-hydroxylation sites is 1. The van der Waals surface area contributed by atoms with Crippen LogP contribution in [0.3, 0.4) is 0 Å². The topological polar surface area (TPSA) is 125 Å². The zero-order chi connectivity index (χ0) is 21.3. The van der Waals surface area contributed by atoms with E-state index in [1.807, 2.05) is 31.2 Å². The fourth-order valence-electron chi connectivity index (χ4n) is 3.06. The number of amides is 1. The number of carbonyl (C=O) groups excluding carboxylic acids is 1. The Kier molecular flexibility index (Phi) is 4.80. The molecular weight excluding hydrogens is 388 g/mol. The Bertz CT molecular complexity index is 1320. The fraction of sp³-hybridized carbons (Fsp3) is 0.100. The highest BCUT2D eigenvalue weighted by molar-refractivity contribution is 5.90. The molecule has 4 aromatic rings. The summed E-state index contributed by atoms with van der Waals surface area (Å²) in [5, 5.41) is 17.9. The minimum absolute atomic E-state index is 0.0791. The second-order valence-electron chi connectivity index (χ2n) is 6.61. The Hall–Kier alpha value is -4.34. The summed E-state index contributed by atoms with van der Waals surface area (Å²) in [6.45, 7) is 1.68. The van der Waals surface area contributed by atoms with Crippen LogP contribution in [-0.4, -0.2) is 30.2 Å². The van der Waals surface area contributed by atoms with Crippen molar-refractivity contribution in [2.45, 2.75) is 13.5 Å². The van der Waals surface area contributed by atoms with Crippen LogP contribution in [0.15, 0.2) is 65.8 Å². The van der Waals surface area contributed by atoms with Gasteiger partial charge in [0.1, 0.15) is 18.3 Å². The average Bonchev–Trinajstić information content (AvgIpc) is 3.15. The first-order valence-corrected chi connectivity index (χ1v) is 8.97. The van der Waals surface area contributed by atoms with Gasteiger partial charge in [-0.1, -0.05) is 18.2 Å². The lowest BCUT2D eigenvalue weighted by atomic mass is 10.2. The number of hydrogen-bond donors (Lipinski definition) is 1. The molecule has 10 heteroatoms. The molecule has 4 rings (SSSR count). The fourth-order valence-corrected chi connectivity index (χ4v) is 3.06. The molecule has 0 saturated carbocycles. The van der Waals surface area contributed by atoms with E-state index in [0.717, 1.165) is 11.3 Å². The first-order valence-electron chi connectivity index (χ1n) is 8.97. The molecule has 0 saturated heterocycles. The number of aryl methyl sites for hydroxylation is 1. The smallest absolute Gasteiger partial charge is 0.269 e. The zero-order valence-corrected chi connectivity index (χ0v) is 15.8. The Balaban J connectivity index is 1.57. The van der Waals surface area contributed by atoms with Crippen LogP contribution in [-0.2, 0) is 11.3 Å². The third-order valence-corrected chi connectivity index (χ3v) is 4.57. The Morgan fingerprint density at radius 1 is 1.17 bits per heavy atom. The molecule has 0 fully saturated rings. The summed E-state index contributed by atoms with van der Waals surface area (Å²) in [4.78, 5) is 39.6. The second-order valence-corrected chi connectivity index (χ2v) is 6.61. The van der Waals surface area contributed by atoms with Crippen LogP contribution in [0.4, 0.5) is 11.4 Å². The summed E-state index contributed by atoms with van der Waals surface area (Å²) in [7, 11) is 0. The molecule has 150 valence electrons. The monoisotopic (exact) mass is 404 g/mol. The number of fused-ring (bicyclic) bond motifs is 1. The first kappa shape index (κ1) is 19.0. The highest BCUT2D eigenvalue weighted by Gasteiger charge is 2.14. The van der Waals surface area contributed by atoms with Gasteiger partial charge in [-0.15, -0.1) is 0 Å². The van der Waals surface area contributed by atoms with Gasteiger partial charge in [-0.05, 0) is 30.7 Å². The zero-order valence-electron chi connectivity index (χ0n) is 15.8. The largest absolute Gasteiger partial charge is 0.325 e. The maximum Gasteiger partial charge on any atom is 0.269 e. The molecule has 2 aromatic carbocycles. The minimum Gasteiger partial charge on any atom is -0.325 e. The van der Waals surface area contributed by atoms with Gasteiger partial charge in [-0.3, -0.25) is 24.3 Å². The molecule has 0 radical (unpaired) electrons. The summed E-state index contributed by atoms with van der Waals surface area (Å²) in [6.07, 6.45) is 2.73. The van der Waals surface area contributed by atoms with E-state index in [2.05, 4.69) is 15.4 Å². The molecule has 0 bridgehead atoms. The van der Waals surface area contributed by atoms with Crippen molar-refractivity contribution in [2.24, 2.45) is 0 Å². The van der Waals surface area contributed by atoms with Gasteiger partial charge in [0.15, 0.2) is 5.65 Å². The van der Waals surface area contributed by atoms with E-state index >= 15 is 0 Å². The van der Waals surface area contributed by atoms with Crippen LogP contribution in [0.1, 0.15) is 5.56 Å². The van der Waals surface area contributed by atoms with Gasteiger partial charge in [0.25, 0.3) is 11.2 Å². The standard InChI is InChI=1S/C20H16N6O4/c1-13-4-2-3-5-17(13)25-19-16(10-22-25)20(28)24(12-21-19)11-18(27)23-14-6-8-15(9-7-14)26(29)30/h2-10,12H,11H2,1H3,(H,23,27). The molecule has 0 aliphatic heterocycles. The van der Waals surface area contributed by atoms with Gasteiger partial charge < -0.3 is 5.32 Å². The molecule has 0 unspecified atom stereocenters. The number of aromatic nitrogens is 4. The normalized spacial score (nSPS) is 10.8. The van der Waals surface area contributed by atoms with Crippen LogP contribution < -0.4 is 10.9 Å². The SMILES string of the molecule is Cc1ccccc1-n1ncc2c(=O)n(CC(=O)Nc3ccc([N+](=O)[O-])cc3)cnc21. The second kappa shape index (κ2) is 7.59. The number of nitro benzene ring substituents is 1. The van der Waals surface area contributed by atoms with E-state index in [1.165, 1.54) is 41.4 Å². The number of non-ortho nitro benzene ring substituents is 1. The highest BCUT2D eigenvalue weighted by atomic mass is 16.6.